The third-order valence-corrected chi connectivity index (χ3v) is 3.81. The van der Waals surface area contributed by atoms with Gasteiger partial charge in [0.25, 0.3) is 5.56 Å². The minimum Gasteiger partial charge on any atom is -0.374 e. The molecule has 8 heteroatoms. The van der Waals surface area contributed by atoms with Gasteiger partial charge < -0.3 is 19.7 Å². The lowest BCUT2D eigenvalue weighted by molar-refractivity contribution is -0.129. The highest BCUT2D eigenvalue weighted by Gasteiger charge is 2.23. The van der Waals surface area contributed by atoms with E-state index in [1.807, 2.05) is 0 Å². The zero-order valence-corrected chi connectivity index (χ0v) is 11.8. The molecule has 0 radical (unpaired) electrons. The lowest BCUT2D eigenvalue weighted by atomic mass is 10.3. The van der Waals surface area contributed by atoms with E-state index in [0.29, 0.717) is 25.5 Å². The van der Waals surface area contributed by atoms with E-state index in [9.17, 15) is 4.79 Å². The molecule has 1 N–H and O–H groups in total. The minimum absolute atomic E-state index is 0.191. The van der Waals surface area contributed by atoms with E-state index in [4.69, 9.17) is 21.1 Å². The molecule has 2 saturated heterocycles. The molecule has 110 valence electrons. The van der Waals surface area contributed by atoms with Gasteiger partial charge in [-0.05, 0) is 0 Å². The second-order valence-corrected chi connectivity index (χ2v) is 5.11. The Labute approximate surface area is 121 Å². The number of ether oxygens (including phenoxy) is 2. The first-order valence-electron chi connectivity index (χ1n) is 6.69. The van der Waals surface area contributed by atoms with Crippen molar-refractivity contribution in [2.45, 2.75) is 6.23 Å². The molecule has 2 aliphatic rings. The molecule has 0 aliphatic carbocycles. The van der Waals surface area contributed by atoms with Gasteiger partial charge in [-0.25, -0.2) is 0 Å². The Kier molecular flexibility index (Phi) is 4.21. The third kappa shape index (κ3) is 2.67. The van der Waals surface area contributed by atoms with Gasteiger partial charge in [0.05, 0.1) is 31.7 Å². The summed E-state index contributed by atoms with van der Waals surface area (Å²) in [4.78, 5) is 14.4. The molecule has 0 spiro atoms. The highest BCUT2D eigenvalue weighted by atomic mass is 35.5. The Hall–Kier alpha value is -1.15. The second-order valence-electron chi connectivity index (χ2n) is 4.73. The minimum atomic E-state index is -0.495. The Morgan fingerprint density at radius 2 is 2.15 bits per heavy atom. The van der Waals surface area contributed by atoms with Crippen LogP contribution in [0.3, 0.4) is 0 Å². The van der Waals surface area contributed by atoms with E-state index < -0.39 is 6.23 Å². The summed E-state index contributed by atoms with van der Waals surface area (Å²) in [6.45, 7) is 4.68. The molecule has 1 aromatic heterocycles. The molecule has 0 bridgehead atoms. The van der Waals surface area contributed by atoms with Crippen LogP contribution in [0, 0.1) is 0 Å². The molecule has 0 amide bonds. The number of aromatic nitrogens is 2. The number of nitrogens with one attached hydrogen (secondary N) is 1. The van der Waals surface area contributed by atoms with E-state index in [1.54, 1.807) is 6.20 Å². The van der Waals surface area contributed by atoms with Gasteiger partial charge in [-0.15, -0.1) is 0 Å². The Morgan fingerprint density at radius 3 is 2.85 bits per heavy atom. The fourth-order valence-electron chi connectivity index (χ4n) is 2.38. The van der Waals surface area contributed by atoms with Crippen LogP contribution in [0.15, 0.2) is 11.0 Å². The Morgan fingerprint density at radius 1 is 1.35 bits per heavy atom. The predicted molar refractivity (Wildman–Crippen MR) is 74.4 cm³/mol. The van der Waals surface area contributed by atoms with Crippen molar-refractivity contribution in [1.29, 1.82) is 0 Å². The summed E-state index contributed by atoms with van der Waals surface area (Å²) in [5.74, 6) is 0. The van der Waals surface area contributed by atoms with Crippen molar-refractivity contribution in [3.63, 3.8) is 0 Å². The predicted octanol–water partition coefficient (Wildman–Crippen LogP) is -0.148. The van der Waals surface area contributed by atoms with Crippen LogP contribution in [0.1, 0.15) is 6.23 Å². The Balaban J connectivity index is 1.88. The first-order valence-corrected chi connectivity index (χ1v) is 7.07. The van der Waals surface area contributed by atoms with Crippen molar-refractivity contribution in [3.05, 3.63) is 21.6 Å². The maximum Gasteiger partial charge on any atom is 0.290 e. The number of nitrogens with zero attached hydrogens (tertiary/aromatic N) is 3. The topological polar surface area (TPSA) is 68.6 Å². The molecule has 1 atom stereocenters. The van der Waals surface area contributed by atoms with Crippen molar-refractivity contribution in [1.82, 2.24) is 15.1 Å². The molecular weight excluding hydrogens is 284 g/mol. The summed E-state index contributed by atoms with van der Waals surface area (Å²) < 4.78 is 12.0. The average molecular weight is 301 g/mol. The summed E-state index contributed by atoms with van der Waals surface area (Å²) in [5.41, 5.74) is 0.351. The van der Waals surface area contributed by atoms with Gasteiger partial charge in [0.2, 0.25) is 0 Å². The lowest BCUT2D eigenvalue weighted by Crippen LogP contribution is -2.44. The summed E-state index contributed by atoms with van der Waals surface area (Å²) in [7, 11) is 0. The quantitative estimate of drug-likeness (QED) is 0.819. The van der Waals surface area contributed by atoms with Gasteiger partial charge >= 0.3 is 0 Å². The first kappa shape index (κ1) is 13.8. The largest absolute Gasteiger partial charge is 0.374 e. The number of piperazine rings is 1. The highest BCUT2D eigenvalue weighted by Crippen LogP contribution is 2.22. The van der Waals surface area contributed by atoms with Crippen molar-refractivity contribution in [2.24, 2.45) is 0 Å². The van der Waals surface area contributed by atoms with Crippen LogP contribution in [0.25, 0.3) is 0 Å². The molecule has 2 aliphatic heterocycles. The van der Waals surface area contributed by atoms with Crippen LogP contribution in [-0.4, -0.2) is 55.8 Å². The number of halogens is 1. The monoisotopic (exact) mass is 300 g/mol. The summed E-state index contributed by atoms with van der Waals surface area (Å²) in [6.07, 6.45) is 1.14. The van der Waals surface area contributed by atoms with Crippen molar-refractivity contribution >= 4 is 17.3 Å². The molecule has 20 heavy (non-hydrogen) atoms. The zero-order valence-electron chi connectivity index (χ0n) is 11.0. The second kappa shape index (κ2) is 6.09. The van der Waals surface area contributed by atoms with Crippen LogP contribution in [0.5, 0.6) is 0 Å². The van der Waals surface area contributed by atoms with Gasteiger partial charge in [-0.3, -0.25) is 4.79 Å². The van der Waals surface area contributed by atoms with Crippen molar-refractivity contribution < 1.29 is 9.47 Å². The normalized spacial score (nSPS) is 23.9. The fraction of sp³-hybridized carbons (Fsp3) is 0.667. The fourth-order valence-corrected chi connectivity index (χ4v) is 2.64. The summed E-state index contributed by atoms with van der Waals surface area (Å²) in [5, 5.41) is 7.64. The molecule has 1 aromatic rings. The van der Waals surface area contributed by atoms with E-state index in [-0.39, 0.29) is 10.6 Å². The van der Waals surface area contributed by atoms with Crippen LogP contribution in [-0.2, 0) is 9.47 Å². The molecule has 2 fully saturated rings. The van der Waals surface area contributed by atoms with E-state index in [1.165, 1.54) is 4.68 Å². The SMILES string of the molecule is O=c1c(Cl)c(N2CCNCC2)cnn1C1COCCO1. The molecule has 7 nitrogen and oxygen atoms in total. The molecular formula is C12H17ClN4O3. The molecule has 0 aromatic carbocycles. The number of hydrogen-bond donors (Lipinski definition) is 1. The molecule has 3 heterocycles. The molecule has 3 rings (SSSR count). The third-order valence-electron chi connectivity index (χ3n) is 3.45. The van der Waals surface area contributed by atoms with Crippen LogP contribution >= 0.6 is 11.6 Å². The zero-order chi connectivity index (χ0) is 13.9. The smallest absolute Gasteiger partial charge is 0.290 e. The number of rotatable bonds is 2. The molecule has 1 unspecified atom stereocenters. The molecule has 0 saturated carbocycles. The van der Waals surface area contributed by atoms with E-state index in [2.05, 4.69) is 15.3 Å². The van der Waals surface area contributed by atoms with Gasteiger partial charge in [0, 0.05) is 26.2 Å². The van der Waals surface area contributed by atoms with Gasteiger partial charge in [0.15, 0.2) is 6.23 Å². The van der Waals surface area contributed by atoms with Crippen molar-refractivity contribution in [3.8, 4) is 0 Å². The standard InChI is InChI=1S/C12H17ClN4O3/c13-11-9(16-3-1-14-2-4-16)7-15-17(12(11)18)10-8-19-5-6-20-10/h7,10,14H,1-6,8H2. The summed E-state index contributed by atoms with van der Waals surface area (Å²) >= 11 is 6.22. The van der Waals surface area contributed by atoms with Crippen LogP contribution in [0.2, 0.25) is 5.02 Å². The maximum atomic E-state index is 12.3. The summed E-state index contributed by atoms with van der Waals surface area (Å²) in [6, 6.07) is 0. The lowest BCUT2D eigenvalue weighted by Gasteiger charge is -2.30. The van der Waals surface area contributed by atoms with E-state index in [0.717, 1.165) is 26.2 Å². The van der Waals surface area contributed by atoms with Gasteiger partial charge in [-0.1, -0.05) is 11.6 Å². The Bertz CT molecular complexity index is 524. The van der Waals surface area contributed by atoms with Gasteiger partial charge in [-0.2, -0.15) is 9.78 Å². The van der Waals surface area contributed by atoms with Crippen LogP contribution < -0.4 is 15.8 Å². The van der Waals surface area contributed by atoms with Gasteiger partial charge in [0.1, 0.15) is 5.02 Å². The van der Waals surface area contributed by atoms with Crippen LogP contribution in [0.4, 0.5) is 5.69 Å². The average Bonchev–Trinajstić information content (AvgIpc) is 2.52. The highest BCUT2D eigenvalue weighted by molar-refractivity contribution is 6.33. The number of hydrogen-bond acceptors (Lipinski definition) is 6. The number of anilines is 1. The maximum absolute atomic E-state index is 12.3. The first-order chi connectivity index (χ1) is 9.77. The van der Waals surface area contributed by atoms with E-state index >= 15 is 0 Å². The van der Waals surface area contributed by atoms with Crippen molar-refractivity contribution in [2.75, 3.05) is 50.9 Å².